The molecule has 28 heavy (non-hydrogen) atoms. The van der Waals surface area contributed by atoms with Crippen LogP contribution >= 0.6 is 0 Å². The van der Waals surface area contributed by atoms with Crippen LogP contribution < -0.4 is 5.73 Å². The van der Waals surface area contributed by atoms with Crippen LogP contribution in [0.2, 0.25) is 0 Å². The van der Waals surface area contributed by atoms with Gasteiger partial charge in [0.15, 0.2) is 5.65 Å². The summed E-state index contributed by atoms with van der Waals surface area (Å²) in [6.45, 7) is 0.477. The maximum atomic E-state index is 12.0. The number of primary amides is 1. The molecule has 8 nitrogen and oxygen atoms in total. The van der Waals surface area contributed by atoms with Gasteiger partial charge in [-0.1, -0.05) is 24.0 Å². The number of benzene rings is 1. The van der Waals surface area contributed by atoms with Crippen LogP contribution in [0.1, 0.15) is 22.5 Å². The number of likely N-dealkylation sites (N-methyl/N-ethyl adjacent to an activating group) is 1. The second kappa shape index (κ2) is 6.48. The number of likely N-dealkylation sites (tertiary alicyclic amines) is 1. The Bertz CT molecular complexity index is 1160. The summed E-state index contributed by atoms with van der Waals surface area (Å²) in [7, 11) is 1.64. The standard InChI is InChI=1S/C20H17N5O3/c1-24-10-8-20(28,19(24)27)7-6-13-2-4-14(5-3-13)16-18-22-9-11-25(18)12-15(23-16)17(21)26/h2-5,9,11-12,28H,8,10H2,1H3,(H2,21,26)/t20-/m0/s1. The number of rotatable bonds is 2. The normalized spacial score (nSPS) is 18.9. The highest BCUT2D eigenvalue weighted by molar-refractivity contribution is 5.92. The molecule has 1 aromatic carbocycles. The first kappa shape index (κ1) is 17.7. The van der Waals surface area contributed by atoms with Crippen LogP contribution in [0.3, 0.4) is 0 Å². The molecule has 1 atom stereocenters. The van der Waals surface area contributed by atoms with Gasteiger partial charge < -0.3 is 20.1 Å². The van der Waals surface area contributed by atoms with Crippen molar-refractivity contribution in [2.75, 3.05) is 13.6 Å². The van der Waals surface area contributed by atoms with Crippen molar-refractivity contribution in [3.05, 3.63) is 54.1 Å². The molecule has 140 valence electrons. The lowest BCUT2D eigenvalue weighted by molar-refractivity contribution is -0.137. The van der Waals surface area contributed by atoms with Crippen molar-refractivity contribution >= 4 is 17.5 Å². The quantitative estimate of drug-likeness (QED) is 0.631. The largest absolute Gasteiger partial charge is 0.369 e. The van der Waals surface area contributed by atoms with E-state index in [1.165, 1.54) is 11.1 Å². The first-order valence-corrected chi connectivity index (χ1v) is 8.62. The molecule has 8 heteroatoms. The number of aromatic nitrogens is 3. The minimum Gasteiger partial charge on any atom is -0.369 e. The van der Waals surface area contributed by atoms with E-state index in [-0.39, 0.29) is 18.0 Å². The summed E-state index contributed by atoms with van der Waals surface area (Å²) in [4.78, 5) is 33.6. The Morgan fingerprint density at radius 2 is 2.07 bits per heavy atom. The molecule has 0 aliphatic carbocycles. The third-order valence-electron chi connectivity index (χ3n) is 4.71. The number of nitrogens with two attached hydrogens (primary N) is 1. The molecule has 3 aromatic rings. The number of aliphatic hydroxyl groups is 1. The Hall–Kier alpha value is -3.70. The predicted molar refractivity (Wildman–Crippen MR) is 101 cm³/mol. The van der Waals surface area contributed by atoms with Gasteiger partial charge in [0.05, 0.1) is 0 Å². The molecular formula is C20H17N5O3. The second-order valence-corrected chi connectivity index (χ2v) is 6.66. The molecular weight excluding hydrogens is 358 g/mol. The molecule has 0 radical (unpaired) electrons. The van der Waals surface area contributed by atoms with Crippen LogP contribution in [-0.4, -0.2) is 55.4 Å². The smallest absolute Gasteiger partial charge is 0.268 e. The van der Waals surface area contributed by atoms with Crippen molar-refractivity contribution in [3.8, 4) is 23.1 Å². The van der Waals surface area contributed by atoms with Crippen LogP contribution in [0.25, 0.3) is 16.9 Å². The highest BCUT2D eigenvalue weighted by Gasteiger charge is 2.42. The number of nitrogens with zero attached hydrogens (tertiary/aromatic N) is 4. The Kier molecular flexibility index (Phi) is 4.09. The fraction of sp³-hybridized carbons (Fsp3) is 0.200. The highest BCUT2D eigenvalue weighted by Crippen LogP contribution is 2.23. The SMILES string of the molecule is CN1CC[C@@](O)(C#Cc2ccc(-c3nc(C(N)=O)cn4ccnc34)cc2)C1=O. The first-order valence-electron chi connectivity index (χ1n) is 8.62. The van der Waals surface area contributed by atoms with Crippen LogP contribution in [0, 0.1) is 11.8 Å². The number of carbonyl (C=O) groups excluding carboxylic acids is 2. The topological polar surface area (TPSA) is 114 Å². The summed E-state index contributed by atoms with van der Waals surface area (Å²) < 4.78 is 1.69. The molecule has 0 unspecified atom stereocenters. The predicted octanol–water partition coefficient (Wildman–Crippen LogP) is 0.440. The average Bonchev–Trinajstić information content (AvgIpc) is 3.27. The molecule has 2 aromatic heterocycles. The second-order valence-electron chi connectivity index (χ2n) is 6.66. The average molecular weight is 375 g/mol. The number of fused-ring (bicyclic) bond motifs is 1. The Morgan fingerprint density at radius 1 is 1.32 bits per heavy atom. The molecule has 2 amide bonds. The van der Waals surface area contributed by atoms with E-state index in [4.69, 9.17) is 5.73 Å². The molecule has 1 aliphatic heterocycles. The van der Waals surface area contributed by atoms with Crippen molar-refractivity contribution in [3.63, 3.8) is 0 Å². The van der Waals surface area contributed by atoms with Gasteiger partial charge in [0.2, 0.25) is 5.60 Å². The van der Waals surface area contributed by atoms with E-state index in [9.17, 15) is 14.7 Å². The lowest BCUT2D eigenvalue weighted by atomic mass is 10.0. The summed E-state index contributed by atoms with van der Waals surface area (Å²) >= 11 is 0. The summed E-state index contributed by atoms with van der Waals surface area (Å²) in [5, 5.41) is 10.4. The molecule has 3 heterocycles. The van der Waals surface area contributed by atoms with E-state index >= 15 is 0 Å². The fourth-order valence-electron chi connectivity index (χ4n) is 3.10. The van der Waals surface area contributed by atoms with Gasteiger partial charge in [-0.2, -0.15) is 0 Å². The third-order valence-corrected chi connectivity index (χ3v) is 4.71. The number of amides is 2. The molecule has 1 fully saturated rings. The minimum atomic E-state index is -1.63. The number of hydrogen-bond acceptors (Lipinski definition) is 5. The van der Waals surface area contributed by atoms with Crippen LogP contribution in [0.4, 0.5) is 0 Å². The maximum Gasteiger partial charge on any atom is 0.268 e. The molecule has 4 rings (SSSR count). The van der Waals surface area contributed by atoms with Crippen molar-refractivity contribution in [2.45, 2.75) is 12.0 Å². The van der Waals surface area contributed by atoms with Gasteiger partial charge in [0, 0.05) is 49.7 Å². The van der Waals surface area contributed by atoms with Crippen LogP contribution in [0.5, 0.6) is 0 Å². The zero-order chi connectivity index (χ0) is 19.9. The fourth-order valence-corrected chi connectivity index (χ4v) is 3.10. The van der Waals surface area contributed by atoms with E-state index in [1.807, 2.05) is 0 Å². The first-order chi connectivity index (χ1) is 13.4. The molecule has 3 N–H and O–H groups in total. The third kappa shape index (κ3) is 2.98. The van der Waals surface area contributed by atoms with Gasteiger partial charge >= 0.3 is 0 Å². The van der Waals surface area contributed by atoms with Crippen LogP contribution in [0.15, 0.2) is 42.9 Å². The summed E-state index contributed by atoms with van der Waals surface area (Å²) in [6.07, 6.45) is 5.14. The Labute approximate surface area is 160 Å². The molecule has 1 saturated heterocycles. The Balaban J connectivity index is 1.68. The number of hydrogen-bond donors (Lipinski definition) is 2. The highest BCUT2D eigenvalue weighted by atomic mass is 16.3. The van der Waals surface area contributed by atoms with Crippen LogP contribution in [-0.2, 0) is 4.79 Å². The van der Waals surface area contributed by atoms with Gasteiger partial charge in [-0.3, -0.25) is 9.59 Å². The van der Waals surface area contributed by atoms with Crippen molar-refractivity contribution in [1.29, 1.82) is 0 Å². The van der Waals surface area contributed by atoms with Gasteiger partial charge in [0.25, 0.3) is 11.8 Å². The number of carbonyl (C=O) groups is 2. The van der Waals surface area contributed by atoms with E-state index in [0.717, 1.165) is 5.56 Å². The van der Waals surface area contributed by atoms with Crippen molar-refractivity contribution in [1.82, 2.24) is 19.3 Å². The van der Waals surface area contributed by atoms with Gasteiger partial charge in [0.1, 0.15) is 11.4 Å². The molecule has 1 aliphatic rings. The molecule has 0 bridgehead atoms. The molecule has 0 spiro atoms. The minimum absolute atomic E-state index is 0.135. The van der Waals surface area contributed by atoms with E-state index in [2.05, 4.69) is 21.8 Å². The van der Waals surface area contributed by atoms with Gasteiger partial charge in [-0.15, -0.1) is 0 Å². The monoisotopic (exact) mass is 375 g/mol. The molecule has 0 saturated carbocycles. The maximum absolute atomic E-state index is 12.0. The van der Waals surface area contributed by atoms with E-state index < -0.39 is 11.5 Å². The summed E-state index contributed by atoms with van der Waals surface area (Å²) in [6, 6.07) is 7.09. The number of imidazole rings is 1. The summed E-state index contributed by atoms with van der Waals surface area (Å²) in [5.41, 5.74) is 6.37. The lowest BCUT2D eigenvalue weighted by Gasteiger charge is -2.13. The van der Waals surface area contributed by atoms with E-state index in [0.29, 0.717) is 23.4 Å². The van der Waals surface area contributed by atoms with Gasteiger partial charge in [-0.25, -0.2) is 9.97 Å². The lowest BCUT2D eigenvalue weighted by Crippen LogP contribution is -2.37. The zero-order valence-corrected chi connectivity index (χ0v) is 15.1. The Morgan fingerprint density at radius 3 is 2.71 bits per heavy atom. The van der Waals surface area contributed by atoms with Gasteiger partial charge in [-0.05, 0) is 12.1 Å². The van der Waals surface area contributed by atoms with Crippen molar-refractivity contribution < 1.29 is 14.7 Å². The van der Waals surface area contributed by atoms with E-state index in [1.54, 1.807) is 48.1 Å². The zero-order valence-electron chi connectivity index (χ0n) is 15.1. The summed E-state index contributed by atoms with van der Waals surface area (Å²) in [5.74, 6) is 4.53. The van der Waals surface area contributed by atoms with Crippen molar-refractivity contribution in [2.24, 2.45) is 5.73 Å².